The van der Waals surface area contributed by atoms with Gasteiger partial charge >= 0.3 is 0 Å². The van der Waals surface area contributed by atoms with Gasteiger partial charge in [-0.3, -0.25) is 4.79 Å². The van der Waals surface area contributed by atoms with Gasteiger partial charge in [0.2, 0.25) is 0 Å². The number of nitrogens with one attached hydrogen (secondary N) is 1. The number of nitrogens with zero attached hydrogens (tertiary/aromatic N) is 2. The van der Waals surface area contributed by atoms with E-state index in [1.807, 2.05) is 11.8 Å². The summed E-state index contributed by atoms with van der Waals surface area (Å²) in [5, 5.41) is 3.40. The molecule has 0 radical (unpaired) electrons. The van der Waals surface area contributed by atoms with Gasteiger partial charge in [0, 0.05) is 25.2 Å². The van der Waals surface area contributed by atoms with Crippen LogP contribution in [0.25, 0.3) is 0 Å². The molecule has 6 heteroatoms. The first kappa shape index (κ1) is 15.1. The summed E-state index contributed by atoms with van der Waals surface area (Å²) < 4.78 is 5.58. The van der Waals surface area contributed by atoms with Crippen molar-refractivity contribution in [2.24, 2.45) is 0 Å². The Kier molecular flexibility index (Phi) is 5.20. The third-order valence-corrected chi connectivity index (χ3v) is 3.47. The van der Waals surface area contributed by atoms with E-state index in [0.29, 0.717) is 36.2 Å². The first-order valence-electron chi connectivity index (χ1n) is 6.96. The zero-order chi connectivity index (χ0) is 14.5. The standard InChI is InChI=1S/C14H20ClN3O2/c1-3-11-9-18(5-6-20-11)14(19)10-7-12(15)17-13(8-10)16-4-2/h7-8,11H,3-6,9H2,1-2H3,(H,16,17). The zero-order valence-electron chi connectivity index (χ0n) is 11.9. The average Bonchev–Trinajstić information content (AvgIpc) is 2.46. The molecule has 0 saturated carbocycles. The predicted molar refractivity (Wildman–Crippen MR) is 79.3 cm³/mol. The maximum absolute atomic E-state index is 12.5. The number of aromatic nitrogens is 1. The van der Waals surface area contributed by atoms with Crippen LogP contribution in [0.2, 0.25) is 5.15 Å². The van der Waals surface area contributed by atoms with Crippen molar-refractivity contribution < 1.29 is 9.53 Å². The molecule has 5 nitrogen and oxygen atoms in total. The lowest BCUT2D eigenvalue weighted by molar-refractivity contribution is -0.0226. The summed E-state index contributed by atoms with van der Waals surface area (Å²) in [5.41, 5.74) is 0.567. The Balaban J connectivity index is 2.15. The minimum absolute atomic E-state index is 0.0183. The number of hydrogen-bond acceptors (Lipinski definition) is 4. The highest BCUT2D eigenvalue weighted by molar-refractivity contribution is 6.29. The molecule has 0 aromatic carbocycles. The summed E-state index contributed by atoms with van der Waals surface area (Å²) in [6.45, 7) is 6.60. The molecule has 0 aliphatic carbocycles. The number of carbonyl (C=O) groups excluding carboxylic acids is 1. The summed E-state index contributed by atoms with van der Waals surface area (Å²) in [5.74, 6) is 0.610. The Morgan fingerprint density at radius 2 is 2.35 bits per heavy atom. The van der Waals surface area contributed by atoms with Gasteiger partial charge in [-0.05, 0) is 25.5 Å². The Bertz CT molecular complexity index is 481. The van der Waals surface area contributed by atoms with E-state index in [2.05, 4.69) is 17.2 Å². The number of pyridine rings is 1. The molecular formula is C14H20ClN3O2. The van der Waals surface area contributed by atoms with Crippen LogP contribution in [0.5, 0.6) is 0 Å². The Morgan fingerprint density at radius 1 is 1.55 bits per heavy atom. The molecule has 1 amide bonds. The Morgan fingerprint density at radius 3 is 3.05 bits per heavy atom. The highest BCUT2D eigenvalue weighted by Crippen LogP contribution is 2.18. The van der Waals surface area contributed by atoms with Gasteiger partial charge in [0.1, 0.15) is 11.0 Å². The first-order chi connectivity index (χ1) is 9.63. The van der Waals surface area contributed by atoms with E-state index in [0.717, 1.165) is 13.0 Å². The van der Waals surface area contributed by atoms with Gasteiger partial charge in [-0.2, -0.15) is 0 Å². The Hall–Kier alpha value is -1.33. The molecule has 1 unspecified atom stereocenters. The van der Waals surface area contributed by atoms with Crippen LogP contribution in [0.15, 0.2) is 12.1 Å². The van der Waals surface area contributed by atoms with Crippen molar-refractivity contribution in [1.82, 2.24) is 9.88 Å². The highest BCUT2D eigenvalue weighted by atomic mass is 35.5. The van der Waals surface area contributed by atoms with Gasteiger partial charge in [-0.25, -0.2) is 4.98 Å². The first-order valence-corrected chi connectivity index (χ1v) is 7.34. The van der Waals surface area contributed by atoms with Crippen LogP contribution in [-0.2, 0) is 4.74 Å². The minimum atomic E-state index is -0.0183. The van der Waals surface area contributed by atoms with Gasteiger partial charge in [0.15, 0.2) is 0 Å². The molecule has 1 aromatic heterocycles. The monoisotopic (exact) mass is 297 g/mol. The van der Waals surface area contributed by atoms with Crippen LogP contribution in [-0.4, -0.2) is 48.1 Å². The number of carbonyl (C=O) groups is 1. The molecule has 0 spiro atoms. The quantitative estimate of drug-likeness (QED) is 0.867. The number of ether oxygens (including phenoxy) is 1. The molecule has 20 heavy (non-hydrogen) atoms. The average molecular weight is 298 g/mol. The van der Waals surface area contributed by atoms with Crippen LogP contribution >= 0.6 is 11.6 Å². The second-order valence-electron chi connectivity index (χ2n) is 4.75. The largest absolute Gasteiger partial charge is 0.375 e. The molecule has 1 aromatic rings. The number of rotatable bonds is 4. The number of amides is 1. The maximum Gasteiger partial charge on any atom is 0.254 e. The molecule has 1 fully saturated rings. The third kappa shape index (κ3) is 3.61. The summed E-state index contributed by atoms with van der Waals surface area (Å²) >= 11 is 5.98. The van der Waals surface area contributed by atoms with Gasteiger partial charge in [-0.1, -0.05) is 18.5 Å². The van der Waals surface area contributed by atoms with Gasteiger partial charge in [0.25, 0.3) is 5.91 Å². The predicted octanol–water partition coefficient (Wildman–Crippen LogP) is 2.42. The van der Waals surface area contributed by atoms with Crippen molar-refractivity contribution in [2.45, 2.75) is 26.4 Å². The zero-order valence-corrected chi connectivity index (χ0v) is 12.6. The van der Waals surface area contributed by atoms with Gasteiger partial charge in [-0.15, -0.1) is 0 Å². The summed E-state index contributed by atoms with van der Waals surface area (Å²) in [4.78, 5) is 18.5. The number of morpholine rings is 1. The third-order valence-electron chi connectivity index (χ3n) is 3.28. The molecule has 2 heterocycles. The fraction of sp³-hybridized carbons (Fsp3) is 0.571. The van der Waals surface area contributed by atoms with E-state index >= 15 is 0 Å². The lowest BCUT2D eigenvalue weighted by Crippen LogP contribution is -2.45. The van der Waals surface area contributed by atoms with E-state index in [-0.39, 0.29) is 12.0 Å². The molecule has 0 bridgehead atoms. The van der Waals surface area contributed by atoms with Crippen LogP contribution in [0.1, 0.15) is 30.6 Å². The van der Waals surface area contributed by atoms with Crippen LogP contribution in [0.3, 0.4) is 0 Å². The SMILES string of the molecule is CCNc1cc(C(=O)N2CCOC(CC)C2)cc(Cl)n1. The van der Waals surface area contributed by atoms with Crippen LogP contribution in [0, 0.1) is 0 Å². The molecule has 2 rings (SSSR count). The van der Waals surface area contributed by atoms with E-state index in [9.17, 15) is 4.79 Å². The highest BCUT2D eigenvalue weighted by Gasteiger charge is 2.24. The molecule has 1 N–H and O–H groups in total. The lowest BCUT2D eigenvalue weighted by Gasteiger charge is -2.32. The summed E-state index contributed by atoms with van der Waals surface area (Å²) in [7, 11) is 0. The normalized spacial score (nSPS) is 18.9. The van der Waals surface area contributed by atoms with E-state index < -0.39 is 0 Å². The van der Waals surface area contributed by atoms with Gasteiger partial charge in [0.05, 0.1) is 12.7 Å². The van der Waals surface area contributed by atoms with Crippen molar-refractivity contribution in [1.29, 1.82) is 0 Å². The lowest BCUT2D eigenvalue weighted by atomic mass is 10.1. The second kappa shape index (κ2) is 6.90. The Labute approximate surface area is 124 Å². The van der Waals surface area contributed by atoms with Crippen molar-refractivity contribution in [3.63, 3.8) is 0 Å². The molecule has 1 aliphatic rings. The van der Waals surface area contributed by atoms with Gasteiger partial charge < -0.3 is 15.0 Å². The number of anilines is 1. The second-order valence-corrected chi connectivity index (χ2v) is 5.13. The van der Waals surface area contributed by atoms with Crippen molar-refractivity contribution in [3.8, 4) is 0 Å². The smallest absolute Gasteiger partial charge is 0.254 e. The fourth-order valence-corrected chi connectivity index (χ4v) is 2.43. The maximum atomic E-state index is 12.5. The molecule has 1 aliphatic heterocycles. The number of halogens is 1. The van der Waals surface area contributed by atoms with Crippen LogP contribution in [0.4, 0.5) is 5.82 Å². The van der Waals surface area contributed by atoms with E-state index in [1.165, 1.54) is 0 Å². The summed E-state index contributed by atoms with van der Waals surface area (Å²) in [6, 6.07) is 3.36. The minimum Gasteiger partial charge on any atom is -0.375 e. The van der Waals surface area contributed by atoms with E-state index in [1.54, 1.807) is 12.1 Å². The fourth-order valence-electron chi connectivity index (χ4n) is 2.23. The molecule has 1 saturated heterocycles. The van der Waals surface area contributed by atoms with Crippen molar-refractivity contribution in [2.75, 3.05) is 31.6 Å². The number of hydrogen-bond donors (Lipinski definition) is 1. The van der Waals surface area contributed by atoms with Crippen molar-refractivity contribution in [3.05, 3.63) is 22.8 Å². The topological polar surface area (TPSA) is 54.5 Å². The molecule has 1 atom stereocenters. The van der Waals surface area contributed by atoms with Crippen LogP contribution < -0.4 is 5.32 Å². The summed E-state index contributed by atoms with van der Waals surface area (Å²) in [6.07, 6.45) is 1.03. The molecular weight excluding hydrogens is 278 g/mol. The van der Waals surface area contributed by atoms with E-state index in [4.69, 9.17) is 16.3 Å². The molecule has 110 valence electrons. The van der Waals surface area contributed by atoms with Crippen molar-refractivity contribution >= 4 is 23.3 Å².